The molecular weight excluding hydrogens is 285 g/mol. The number of benzene rings is 1. The van der Waals surface area contributed by atoms with Crippen LogP contribution >= 0.6 is 0 Å². The van der Waals surface area contributed by atoms with Crippen LogP contribution in [0.3, 0.4) is 0 Å². The molecule has 0 aliphatic rings. The van der Waals surface area contributed by atoms with Crippen molar-refractivity contribution in [3.8, 4) is 6.07 Å². The van der Waals surface area contributed by atoms with E-state index in [9.17, 15) is 18.0 Å². The van der Waals surface area contributed by atoms with Crippen LogP contribution in [0.2, 0.25) is 0 Å². The van der Waals surface area contributed by atoms with Gasteiger partial charge in [0.15, 0.2) is 0 Å². The normalized spacial score (nSPS) is 12.5. The Labute approximate surface area is 120 Å². The van der Waals surface area contributed by atoms with Crippen molar-refractivity contribution >= 4 is 11.7 Å². The third-order valence-corrected chi connectivity index (χ3v) is 3.08. The van der Waals surface area contributed by atoms with Crippen LogP contribution in [0, 0.1) is 17.2 Å². The van der Waals surface area contributed by atoms with Crippen LogP contribution in [0.1, 0.15) is 30.9 Å². The summed E-state index contributed by atoms with van der Waals surface area (Å²) >= 11 is 0. The van der Waals surface area contributed by atoms with Crippen LogP contribution in [0.15, 0.2) is 18.2 Å². The number of aliphatic carboxylic acids is 1. The molecule has 0 saturated carbocycles. The molecule has 0 aliphatic carbocycles. The molecule has 0 bridgehead atoms. The summed E-state index contributed by atoms with van der Waals surface area (Å²) in [5.41, 5.74) is -1.22. The highest BCUT2D eigenvalue weighted by Crippen LogP contribution is 2.33. The van der Waals surface area contributed by atoms with Crippen LogP contribution in [-0.4, -0.2) is 17.6 Å². The zero-order valence-electron chi connectivity index (χ0n) is 11.4. The molecule has 1 unspecified atom stereocenters. The average molecular weight is 300 g/mol. The number of carbonyl (C=O) groups is 1. The summed E-state index contributed by atoms with van der Waals surface area (Å²) in [7, 11) is 0. The van der Waals surface area contributed by atoms with Gasteiger partial charge in [0.1, 0.15) is 0 Å². The topological polar surface area (TPSA) is 73.1 Å². The van der Waals surface area contributed by atoms with Crippen LogP contribution in [0.4, 0.5) is 18.9 Å². The number of nitrogens with one attached hydrogen (secondary N) is 1. The molecule has 0 spiro atoms. The number of carboxylic acid groups (broad SMARTS) is 1. The Morgan fingerprint density at radius 3 is 2.62 bits per heavy atom. The monoisotopic (exact) mass is 300 g/mol. The molecule has 114 valence electrons. The zero-order valence-corrected chi connectivity index (χ0v) is 11.4. The van der Waals surface area contributed by atoms with Crippen molar-refractivity contribution in [3.63, 3.8) is 0 Å². The van der Waals surface area contributed by atoms with Gasteiger partial charge in [-0.1, -0.05) is 13.3 Å². The number of rotatable bonds is 6. The molecule has 1 aromatic carbocycles. The Balaban J connectivity index is 2.86. The summed E-state index contributed by atoms with van der Waals surface area (Å²) in [4.78, 5) is 10.6. The minimum atomic E-state index is -4.60. The van der Waals surface area contributed by atoms with Gasteiger partial charge < -0.3 is 10.4 Å². The molecule has 1 aromatic rings. The Morgan fingerprint density at radius 1 is 1.48 bits per heavy atom. The van der Waals surface area contributed by atoms with Gasteiger partial charge in [-0.3, -0.25) is 4.79 Å². The highest BCUT2D eigenvalue weighted by Gasteiger charge is 2.33. The lowest BCUT2D eigenvalue weighted by molar-refractivity contribution is -0.138. The van der Waals surface area contributed by atoms with Gasteiger partial charge in [0.2, 0.25) is 0 Å². The van der Waals surface area contributed by atoms with E-state index in [4.69, 9.17) is 10.4 Å². The number of alkyl halides is 3. The summed E-state index contributed by atoms with van der Waals surface area (Å²) in [6.45, 7) is 2.07. The van der Waals surface area contributed by atoms with Crippen molar-refractivity contribution < 1.29 is 23.1 Å². The maximum absolute atomic E-state index is 12.8. The largest absolute Gasteiger partial charge is 0.481 e. The minimum Gasteiger partial charge on any atom is -0.481 e. The highest BCUT2D eigenvalue weighted by atomic mass is 19.4. The van der Waals surface area contributed by atoms with Gasteiger partial charge in [0, 0.05) is 18.7 Å². The quantitative estimate of drug-likeness (QED) is 0.843. The van der Waals surface area contributed by atoms with E-state index >= 15 is 0 Å². The molecular formula is C14H15F3N2O2. The van der Waals surface area contributed by atoms with Crippen LogP contribution in [-0.2, 0) is 11.0 Å². The smallest absolute Gasteiger partial charge is 0.417 e. The first-order chi connectivity index (χ1) is 9.77. The van der Waals surface area contributed by atoms with Crippen molar-refractivity contribution in [1.82, 2.24) is 0 Å². The van der Waals surface area contributed by atoms with Gasteiger partial charge in [0.05, 0.1) is 17.2 Å². The molecule has 0 aliphatic heterocycles. The first-order valence-electron chi connectivity index (χ1n) is 6.35. The van der Waals surface area contributed by atoms with E-state index in [2.05, 4.69) is 5.32 Å². The van der Waals surface area contributed by atoms with E-state index in [-0.39, 0.29) is 24.6 Å². The molecule has 4 nitrogen and oxygen atoms in total. The maximum Gasteiger partial charge on any atom is 0.417 e. The molecule has 7 heteroatoms. The minimum absolute atomic E-state index is 0.0497. The molecule has 0 radical (unpaired) electrons. The van der Waals surface area contributed by atoms with Crippen LogP contribution < -0.4 is 5.32 Å². The summed E-state index contributed by atoms with van der Waals surface area (Å²) in [5.74, 6) is -1.12. The Bertz CT molecular complexity index is 550. The second-order valence-corrected chi connectivity index (χ2v) is 4.62. The zero-order chi connectivity index (χ0) is 16.0. The molecule has 0 heterocycles. The number of nitriles is 1. The summed E-state index contributed by atoms with van der Waals surface area (Å²) in [5, 5.41) is 20.2. The van der Waals surface area contributed by atoms with E-state index in [0.717, 1.165) is 12.1 Å². The number of hydrogen-bond donors (Lipinski definition) is 2. The SMILES string of the molecule is CCC(CNc1ccc(C#N)c(C(F)(F)F)c1)CC(=O)O. The number of anilines is 1. The van der Waals surface area contributed by atoms with Crippen molar-refractivity contribution in [2.24, 2.45) is 5.92 Å². The average Bonchev–Trinajstić information content (AvgIpc) is 2.41. The van der Waals surface area contributed by atoms with Gasteiger partial charge in [-0.05, 0) is 24.1 Å². The Kier molecular flexibility index (Phi) is 5.59. The van der Waals surface area contributed by atoms with E-state index < -0.39 is 23.3 Å². The predicted octanol–water partition coefficient (Wildman–Crippen LogP) is 3.49. The van der Waals surface area contributed by atoms with Crippen LogP contribution in [0.25, 0.3) is 0 Å². The van der Waals surface area contributed by atoms with Crippen molar-refractivity contribution in [1.29, 1.82) is 5.26 Å². The summed E-state index contributed by atoms with van der Waals surface area (Å²) < 4.78 is 38.4. The lowest BCUT2D eigenvalue weighted by Gasteiger charge is -2.16. The van der Waals surface area contributed by atoms with Gasteiger partial charge >= 0.3 is 12.1 Å². The number of hydrogen-bond acceptors (Lipinski definition) is 3. The summed E-state index contributed by atoms with van der Waals surface area (Å²) in [6, 6.07) is 4.85. The first-order valence-corrected chi connectivity index (χ1v) is 6.35. The Morgan fingerprint density at radius 2 is 2.14 bits per heavy atom. The maximum atomic E-state index is 12.8. The second-order valence-electron chi connectivity index (χ2n) is 4.62. The lowest BCUT2D eigenvalue weighted by Crippen LogP contribution is -2.17. The molecule has 0 aromatic heterocycles. The fourth-order valence-corrected chi connectivity index (χ4v) is 1.86. The van der Waals surface area contributed by atoms with E-state index in [1.165, 1.54) is 12.1 Å². The number of carboxylic acids is 1. The molecule has 1 atom stereocenters. The van der Waals surface area contributed by atoms with Gasteiger partial charge in [0.25, 0.3) is 0 Å². The van der Waals surface area contributed by atoms with Crippen molar-refractivity contribution in [3.05, 3.63) is 29.3 Å². The highest BCUT2D eigenvalue weighted by molar-refractivity contribution is 5.67. The first kappa shape index (κ1) is 16.8. The van der Waals surface area contributed by atoms with Crippen molar-refractivity contribution in [2.75, 3.05) is 11.9 Å². The van der Waals surface area contributed by atoms with Crippen LogP contribution in [0.5, 0.6) is 0 Å². The third-order valence-electron chi connectivity index (χ3n) is 3.08. The molecule has 0 amide bonds. The molecule has 21 heavy (non-hydrogen) atoms. The van der Waals surface area contributed by atoms with Gasteiger partial charge in [-0.25, -0.2) is 0 Å². The number of halogens is 3. The number of nitrogens with zero attached hydrogens (tertiary/aromatic N) is 1. The van der Waals surface area contributed by atoms with E-state index in [1.807, 2.05) is 6.92 Å². The van der Waals surface area contributed by atoms with Gasteiger partial charge in [-0.15, -0.1) is 0 Å². The molecule has 0 saturated heterocycles. The molecule has 0 fully saturated rings. The fraction of sp³-hybridized carbons (Fsp3) is 0.429. The predicted molar refractivity (Wildman–Crippen MR) is 70.7 cm³/mol. The lowest BCUT2D eigenvalue weighted by atomic mass is 10.0. The third kappa shape index (κ3) is 4.99. The Hall–Kier alpha value is -2.23. The van der Waals surface area contributed by atoms with Crippen molar-refractivity contribution in [2.45, 2.75) is 25.9 Å². The van der Waals surface area contributed by atoms with Gasteiger partial charge in [-0.2, -0.15) is 18.4 Å². The molecule has 2 N–H and O–H groups in total. The second kappa shape index (κ2) is 6.97. The van der Waals surface area contributed by atoms with E-state index in [1.54, 1.807) is 0 Å². The van der Waals surface area contributed by atoms with E-state index in [0.29, 0.717) is 6.42 Å². The fourth-order valence-electron chi connectivity index (χ4n) is 1.86. The summed E-state index contributed by atoms with van der Waals surface area (Å²) in [6.07, 6.45) is -4.05. The standard InChI is InChI=1S/C14H15F3N2O2/c1-2-9(5-13(20)21)8-19-11-4-3-10(7-18)12(6-11)14(15,16)17/h3-4,6,9,19H,2,5,8H2,1H3,(H,20,21). The molecule has 1 rings (SSSR count).